The van der Waals surface area contributed by atoms with Crippen LogP contribution >= 0.6 is 0 Å². The fraction of sp³-hybridized carbons (Fsp3) is 0.389. The monoisotopic (exact) mass is 423 g/mol. The van der Waals surface area contributed by atoms with Crippen molar-refractivity contribution in [3.8, 4) is 0 Å². The van der Waals surface area contributed by atoms with Crippen LogP contribution in [0.1, 0.15) is 12.5 Å². The lowest BCUT2D eigenvalue weighted by molar-refractivity contribution is -0.137. The van der Waals surface area contributed by atoms with Crippen molar-refractivity contribution in [1.82, 2.24) is 25.2 Å². The summed E-state index contributed by atoms with van der Waals surface area (Å²) < 4.78 is 37.7. The molecule has 3 rings (SSSR count). The van der Waals surface area contributed by atoms with Gasteiger partial charge in [-0.1, -0.05) is 0 Å². The number of hydrogen-bond donors (Lipinski definition) is 2. The standard InChI is InChI=1S/C18H20F3N7O2/c1-12(15(29)26-14-4-3-13(11-24-14)18(19,20)21)25-17(30)28-9-7-27(8-10-28)16-22-5-2-6-23-16/h2-6,11-12H,7-10H2,1H3,(H,25,30)(H,24,26,29). The molecule has 0 radical (unpaired) electrons. The first kappa shape index (κ1) is 21.3. The third-order valence-corrected chi connectivity index (χ3v) is 4.48. The van der Waals surface area contributed by atoms with Crippen LogP contribution in [0.4, 0.5) is 29.7 Å². The number of hydrogen-bond acceptors (Lipinski definition) is 6. The maximum Gasteiger partial charge on any atom is 0.417 e. The minimum atomic E-state index is -4.51. The number of alkyl halides is 3. The smallest absolute Gasteiger partial charge is 0.337 e. The molecule has 1 aliphatic heterocycles. The lowest BCUT2D eigenvalue weighted by atomic mass is 10.2. The van der Waals surface area contributed by atoms with Gasteiger partial charge in [0.05, 0.1) is 5.56 Å². The average molecular weight is 423 g/mol. The Morgan fingerprint density at radius 1 is 1.07 bits per heavy atom. The second-order valence-electron chi connectivity index (χ2n) is 6.61. The molecule has 1 saturated heterocycles. The van der Waals surface area contributed by atoms with E-state index in [4.69, 9.17) is 0 Å². The third kappa shape index (κ3) is 5.33. The van der Waals surface area contributed by atoms with Crippen LogP contribution in [0.2, 0.25) is 0 Å². The molecule has 160 valence electrons. The molecule has 1 aliphatic rings. The van der Waals surface area contributed by atoms with Gasteiger partial charge in [0.25, 0.3) is 0 Å². The molecule has 2 aromatic heterocycles. The SMILES string of the molecule is CC(NC(=O)N1CCN(c2ncccn2)CC1)C(=O)Nc1ccc(C(F)(F)F)cn1. The number of urea groups is 1. The Balaban J connectivity index is 1.47. The molecule has 30 heavy (non-hydrogen) atoms. The molecule has 2 N–H and O–H groups in total. The second kappa shape index (κ2) is 8.93. The summed E-state index contributed by atoms with van der Waals surface area (Å²) in [5.41, 5.74) is -0.915. The maximum absolute atomic E-state index is 12.6. The number of nitrogens with one attached hydrogen (secondary N) is 2. The zero-order valence-electron chi connectivity index (χ0n) is 16.1. The van der Waals surface area contributed by atoms with Crippen molar-refractivity contribution in [3.05, 3.63) is 42.4 Å². The fourth-order valence-corrected chi connectivity index (χ4v) is 2.78. The molecule has 12 heteroatoms. The van der Waals surface area contributed by atoms with Crippen molar-refractivity contribution in [2.75, 3.05) is 36.4 Å². The fourth-order valence-electron chi connectivity index (χ4n) is 2.78. The molecule has 0 saturated carbocycles. The Hall–Kier alpha value is -3.44. The molecule has 1 atom stereocenters. The number of anilines is 2. The van der Waals surface area contributed by atoms with Gasteiger partial charge in [-0.3, -0.25) is 4.79 Å². The van der Waals surface area contributed by atoms with Crippen LogP contribution in [-0.4, -0.2) is 64.0 Å². The Kier molecular flexibility index (Phi) is 6.33. The summed E-state index contributed by atoms with van der Waals surface area (Å²) in [5, 5.41) is 4.96. The first-order valence-electron chi connectivity index (χ1n) is 9.15. The molecule has 0 spiro atoms. The van der Waals surface area contributed by atoms with Crippen LogP contribution in [-0.2, 0) is 11.0 Å². The molecular weight excluding hydrogens is 403 g/mol. The molecule has 1 unspecified atom stereocenters. The van der Waals surface area contributed by atoms with Crippen LogP contribution in [0.3, 0.4) is 0 Å². The predicted octanol–water partition coefficient (Wildman–Crippen LogP) is 1.75. The van der Waals surface area contributed by atoms with E-state index in [1.165, 1.54) is 6.92 Å². The van der Waals surface area contributed by atoms with Crippen molar-refractivity contribution < 1.29 is 22.8 Å². The number of pyridine rings is 1. The van der Waals surface area contributed by atoms with Gasteiger partial charge in [0.15, 0.2) is 0 Å². The Morgan fingerprint density at radius 2 is 1.73 bits per heavy atom. The van der Waals surface area contributed by atoms with Crippen molar-refractivity contribution >= 4 is 23.7 Å². The summed E-state index contributed by atoms with van der Waals surface area (Å²) in [7, 11) is 0. The third-order valence-electron chi connectivity index (χ3n) is 4.48. The summed E-state index contributed by atoms with van der Waals surface area (Å²) in [6.45, 7) is 3.43. The number of carbonyl (C=O) groups excluding carboxylic acids is 2. The van der Waals surface area contributed by atoms with E-state index < -0.39 is 29.7 Å². The van der Waals surface area contributed by atoms with Gasteiger partial charge in [0.2, 0.25) is 11.9 Å². The number of carbonyl (C=O) groups is 2. The quantitative estimate of drug-likeness (QED) is 0.777. The average Bonchev–Trinajstić information content (AvgIpc) is 2.74. The molecule has 2 aromatic rings. The number of nitrogens with zero attached hydrogens (tertiary/aromatic N) is 5. The molecular formula is C18H20F3N7O2. The minimum absolute atomic E-state index is 0.0365. The lowest BCUT2D eigenvalue weighted by Gasteiger charge is -2.35. The first-order chi connectivity index (χ1) is 14.2. The summed E-state index contributed by atoms with van der Waals surface area (Å²) >= 11 is 0. The number of piperazine rings is 1. The van der Waals surface area contributed by atoms with Gasteiger partial charge < -0.3 is 20.4 Å². The lowest BCUT2D eigenvalue weighted by Crippen LogP contribution is -2.55. The van der Waals surface area contributed by atoms with E-state index in [1.54, 1.807) is 23.4 Å². The van der Waals surface area contributed by atoms with E-state index in [0.29, 0.717) is 38.3 Å². The zero-order valence-corrected chi connectivity index (χ0v) is 16.1. The van der Waals surface area contributed by atoms with Crippen molar-refractivity contribution in [1.29, 1.82) is 0 Å². The highest BCUT2D eigenvalue weighted by atomic mass is 19.4. The summed E-state index contributed by atoms with van der Waals surface area (Å²) in [4.78, 5) is 40.1. The van der Waals surface area contributed by atoms with Gasteiger partial charge in [-0.2, -0.15) is 13.2 Å². The number of halogens is 3. The van der Waals surface area contributed by atoms with E-state index in [2.05, 4.69) is 25.6 Å². The van der Waals surface area contributed by atoms with Crippen molar-refractivity contribution in [2.45, 2.75) is 19.1 Å². The number of rotatable bonds is 4. The molecule has 1 fully saturated rings. The largest absolute Gasteiger partial charge is 0.417 e. The van der Waals surface area contributed by atoms with Gasteiger partial charge in [-0.25, -0.2) is 19.7 Å². The highest BCUT2D eigenvalue weighted by Crippen LogP contribution is 2.28. The predicted molar refractivity (Wildman–Crippen MR) is 102 cm³/mol. The second-order valence-corrected chi connectivity index (χ2v) is 6.61. The minimum Gasteiger partial charge on any atom is -0.337 e. The Morgan fingerprint density at radius 3 is 2.30 bits per heavy atom. The molecule has 0 aliphatic carbocycles. The van der Waals surface area contributed by atoms with E-state index in [9.17, 15) is 22.8 Å². The summed E-state index contributed by atoms with van der Waals surface area (Å²) in [5.74, 6) is -0.0353. The van der Waals surface area contributed by atoms with Crippen molar-refractivity contribution in [3.63, 3.8) is 0 Å². The maximum atomic E-state index is 12.6. The Bertz CT molecular complexity index is 870. The van der Waals surface area contributed by atoms with Crippen LogP contribution in [0, 0.1) is 0 Å². The summed E-state index contributed by atoms with van der Waals surface area (Å²) in [6.07, 6.45) is -0.581. The topological polar surface area (TPSA) is 103 Å². The van der Waals surface area contributed by atoms with Crippen molar-refractivity contribution in [2.24, 2.45) is 0 Å². The van der Waals surface area contributed by atoms with Crippen LogP contribution in [0.15, 0.2) is 36.8 Å². The Labute approximate surface area is 170 Å². The van der Waals surface area contributed by atoms with Gasteiger partial charge >= 0.3 is 12.2 Å². The van der Waals surface area contributed by atoms with Crippen LogP contribution < -0.4 is 15.5 Å². The zero-order chi connectivity index (χ0) is 21.7. The van der Waals surface area contributed by atoms with E-state index >= 15 is 0 Å². The summed E-state index contributed by atoms with van der Waals surface area (Å²) in [6, 6.07) is 2.28. The van der Waals surface area contributed by atoms with Gasteiger partial charge in [-0.15, -0.1) is 0 Å². The number of amides is 3. The van der Waals surface area contributed by atoms with Crippen LogP contribution in [0.5, 0.6) is 0 Å². The van der Waals surface area contributed by atoms with Crippen LogP contribution in [0.25, 0.3) is 0 Å². The molecule has 3 amide bonds. The molecule has 0 bridgehead atoms. The van der Waals surface area contributed by atoms with Gasteiger partial charge in [-0.05, 0) is 25.1 Å². The van der Waals surface area contributed by atoms with Gasteiger partial charge in [0.1, 0.15) is 11.9 Å². The van der Waals surface area contributed by atoms with E-state index in [1.807, 2.05) is 4.90 Å². The highest BCUT2D eigenvalue weighted by molar-refractivity contribution is 5.96. The molecule has 9 nitrogen and oxygen atoms in total. The highest BCUT2D eigenvalue weighted by Gasteiger charge is 2.31. The molecule has 3 heterocycles. The first-order valence-corrected chi connectivity index (χ1v) is 9.15. The van der Waals surface area contributed by atoms with Gasteiger partial charge in [0, 0.05) is 44.8 Å². The van der Waals surface area contributed by atoms with E-state index in [0.717, 1.165) is 12.1 Å². The normalized spacial score (nSPS) is 15.5. The van der Waals surface area contributed by atoms with E-state index in [-0.39, 0.29) is 5.82 Å². The molecule has 0 aromatic carbocycles. The number of aromatic nitrogens is 3.